The second-order valence-corrected chi connectivity index (χ2v) is 7.91. The molecule has 0 spiro atoms. The van der Waals surface area contributed by atoms with Gasteiger partial charge in [-0.2, -0.15) is 9.50 Å². The molecule has 0 atom stereocenters. The molecule has 9 nitrogen and oxygen atoms in total. The lowest BCUT2D eigenvalue weighted by Gasteiger charge is -2.15. The number of carbonyl (C=O) groups excluding carboxylic acids is 1. The monoisotopic (exact) mass is 431 g/mol. The molecule has 1 aliphatic heterocycles. The van der Waals surface area contributed by atoms with Gasteiger partial charge in [0.05, 0.1) is 12.0 Å². The molecule has 0 aliphatic carbocycles. The van der Waals surface area contributed by atoms with Gasteiger partial charge in [-0.3, -0.25) is 4.79 Å². The molecule has 3 aromatic heterocycles. The number of nitrogens with two attached hydrogens (primary N) is 1. The maximum atomic E-state index is 11.7. The van der Waals surface area contributed by atoms with E-state index in [1.165, 1.54) is 4.52 Å². The molecular weight excluding hydrogens is 406 g/mol. The lowest BCUT2D eigenvalue weighted by atomic mass is 10.1. The number of benzene rings is 1. The molecule has 1 fully saturated rings. The zero-order valence-electron chi connectivity index (χ0n) is 17.7. The Morgan fingerprint density at radius 1 is 1.16 bits per heavy atom. The molecular formula is C23H25N7O2. The maximum absolute atomic E-state index is 11.7. The van der Waals surface area contributed by atoms with Gasteiger partial charge in [0, 0.05) is 37.7 Å². The molecule has 4 aromatic rings. The highest BCUT2D eigenvalue weighted by atomic mass is 16.3. The number of carbonyl (C=O) groups is 1. The van der Waals surface area contributed by atoms with E-state index in [4.69, 9.17) is 10.2 Å². The Kier molecular flexibility index (Phi) is 5.55. The molecule has 3 N–H and O–H groups in total. The molecule has 1 aliphatic rings. The second kappa shape index (κ2) is 8.80. The van der Waals surface area contributed by atoms with E-state index in [1.807, 2.05) is 17.0 Å². The molecule has 0 saturated carbocycles. The number of nitrogens with one attached hydrogen (secondary N) is 1. The number of amides is 1. The van der Waals surface area contributed by atoms with Crippen LogP contribution in [0.2, 0.25) is 0 Å². The molecule has 1 saturated heterocycles. The third-order valence-electron chi connectivity index (χ3n) is 5.59. The van der Waals surface area contributed by atoms with Crippen molar-refractivity contribution in [3.63, 3.8) is 0 Å². The summed E-state index contributed by atoms with van der Waals surface area (Å²) in [5.41, 5.74) is 9.07. The van der Waals surface area contributed by atoms with Crippen molar-refractivity contribution in [3.8, 4) is 22.8 Å². The van der Waals surface area contributed by atoms with Crippen LogP contribution in [0.25, 0.3) is 28.6 Å². The Labute approximate surface area is 185 Å². The van der Waals surface area contributed by atoms with Crippen LogP contribution in [0.1, 0.15) is 24.8 Å². The third-order valence-corrected chi connectivity index (χ3v) is 5.59. The number of likely N-dealkylation sites (tertiary alicyclic amines) is 1. The quantitative estimate of drug-likeness (QED) is 0.412. The van der Waals surface area contributed by atoms with E-state index < -0.39 is 0 Å². The van der Waals surface area contributed by atoms with Crippen molar-refractivity contribution in [2.24, 2.45) is 0 Å². The minimum Gasteiger partial charge on any atom is -0.461 e. The van der Waals surface area contributed by atoms with Crippen LogP contribution in [0.3, 0.4) is 0 Å². The standard InChI is InChI=1S/C23H25N7O2/c24-20-14-18(26-23-27-22(28-30(20)23)19-7-3-12-32-19)17-6-1-5-16(13-17)15-25-9-4-11-29-10-2-8-21(29)31/h1,3,5-7,12-14,25H,2,4,8-11,15,24H2. The second-order valence-electron chi connectivity index (χ2n) is 7.91. The van der Waals surface area contributed by atoms with Crippen molar-refractivity contribution >= 4 is 17.5 Å². The van der Waals surface area contributed by atoms with Gasteiger partial charge in [-0.1, -0.05) is 18.2 Å². The fourth-order valence-electron chi connectivity index (χ4n) is 3.96. The molecule has 9 heteroatoms. The average Bonchev–Trinajstić information content (AvgIpc) is 3.55. The predicted octanol–water partition coefficient (Wildman–Crippen LogP) is 2.74. The predicted molar refractivity (Wildman–Crippen MR) is 120 cm³/mol. The first-order chi connectivity index (χ1) is 15.7. The Morgan fingerprint density at radius 3 is 2.91 bits per heavy atom. The number of nitrogen functional groups attached to an aromatic ring is 1. The number of hydrogen-bond acceptors (Lipinski definition) is 7. The van der Waals surface area contributed by atoms with Gasteiger partial charge in [0.2, 0.25) is 11.7 Å². The summed E-state index contributed by atoms with van der Waals surface area (Å²) in [5, 5.41) is 7.85. The van der Waals surface area contributed by atoms with E-state index >= 15 is 0 Å². The first kappa shape index (κ1) is 20.2. The zero-order chi connectivity index (χ0) is 21.9. The molecule has 0 bridgehead atoms. The van der Waals surface area contributed by atoms with E-state index in [2.05, 4.69) is 32.5 Å². The van der Waals surface area contributed by atoms with Crippen molar-refractivity contribution < 1.29 is 9.21 Å². The first-order valence-electron chi connectivity index (χ1n) is 10.8. The van der Waals surface area contributed by atoms with Gasteiger partial charge < -0.3 is 20.4 Å². The van der Waals surface area contributed by atoms with Crippen LogP contribution in [0, 0.1) is 0 Å². The smallest absolute Gasteiger partial charge is 0.255 e. The maximum Gasteiger partial charge on any atom is 0.255 e. The fourth-order valence-corrected chi connectivity index (χ4v) is 3.96. The number of furan rings is 1. The summed E-state index contributed by atoms with van der Waals surface area (Å²) >= 11 is 0. The number of hydrogen-bond donors (Lipinski definition) is 2. The molecule has 0 unspecified atom stereocenters. The third kappa shape index (κ3) is 4.19. The Morgan fingerprint density at radius 2 is 2.09 bits per heavy atom. The SMILES string of the molecule is Nc1cc(-c2cccc(CNCCCN3CCCC3=O)c2)nc2nc(-c3ccco3)nn12. The minimum absolute atomic E-state index is 0.283. The van der Waals surface area contributed by atoms with Crippen LogP contribution in [-0.4, -0.2) is 50.0 Å². The highest BCUT2D eigenvalue weighted by Gasteiger charge is 2.19. The van der Waals surface area contributed by atoms with Gasteiger partial charge in [0.15, 0.2) is 5.76 Å². The van der Waals surface area contributed by atoms with Crippen molar-refractivity contribution in [1.29, 1.82) is 0 Å². The summed E-state index contributed by atoms with van der Waals surface area (Å²) in [7, 11) is 0. The highest BCUT2D eigenvalue weighted by Crippen LogP contribution is 2.23. The van der Waals surface area contributed by atoms with Crippen molar-refractivity contribution in [2.75, 3.05) is 25.4 Å². The van der Waals surface area contributed by atoms with Gasteiger partial charge in [-0.05, 0) is 43.1 Å². The van der Waals surface area contributed by atoms with E-state index in [0.29, 0.717) is 29.6 Å². The van der Waals surface area contributed by atoms with Gasteiger partial charge in [0.25, 0.3) is 5.78 Å². The molecule has 5 rings (SSSR count). The lowest BCUT2D eigenvalue weighted by molar-refractivity contribution is -0.127. The van der Waals surface area contributed by atoms with Crippen LogP contribution < -0.4 is 11.1 Å². The van der Waals surface area contributed by atoms with Crippen molar-refractivity contribution in [3.05, 3.63) is 54.3 Å². The number of rotatable bonds is 8. The van der Waals surface area contributed by atoms with Crippen LogP contribution in [0.4, 0.5) is 5.82 Å². The minimum atomic E-state index is 0.283. The van der Waals surface area contributed by atoms with E-state index in [1.54, 1.807) is 24.5 Å². The van der Waals surface area contributed by atoms with E-state index in [-0.39, 0.29) is 5.91 Å². The summed E-state index contributed by atoms with van der Waals surface area (Å²) in [4.78, 5) is 22.7. The fraction of sp³-hybridized carbons (Fsp3) is 0.304. The van der Waals surface area contributed by atoms with Crippen LogP contribution in [-0.2, 0) is 11.3 Å². The Balaban J connectivity index is 1.26. The molecule has 4 heterocycles. The average molecular weight is 432 g/mol. The van der Waals surface area contributed by atoms with Crippen molar-refractivity contribution in [1.82, 2.24) is 29.8 Å². The summed E-state index contributed by atoms with van der Waals surface area (Å²) in [5.74, 6) is 2.17. The van der Waals surface area contributed by atoms with Crippen LogP contribution in [0.15, 0.2) is 53.1 Å². The zero-order valence-corrected chi connectivity index (χ0v) is 17.7. The summed E-state index contributed by atoms with van der Waals surface area (Å²) < 4.78 is 6.89. The van der Waals surface area contributed by atoms with E-state index in [0.717, 1.165) is 55.8 Å². The number of aromatic nitrogens is 4. The molecule has 0 radical (unpaired) electrons. The van der Waals surface area contributed by atoms with Gasteiger partial charge in [-0.15, -0.1) is 5.10 Å². The Bertz CT molecular complexity index is 1230. The summed E-state index contributed by atoms with van der Waals surface area (Å²) in [6.07, 6.45) is 4.21. The van der Waals surface area contributed by atoms with Crippen molar-refractivity contribution in [2.45, 2.75) is 25.8 Å². The Hall–Kier alpha value is -3.72. The van der Waals surface area contributed by atoms with Gasteiger partial charge in [0.1, 0.15) is 5.82 Å². The highest BCUT2D eigenvalue weighted by molar-refractivity contribution is 5.78. The molecule has 164 valence electrons. The summed E-state index contributed by atoms with van der Waals surface area (Å²) in [6, 6.07) is 13.6. The first-order valence-corrected chi connectivity index (χ1v) is 10.8. The summed E-state index contributed by atoms with van der Waals surface area (Å²) in [6.45, 7) is 3.33. The number of nitrogens with zero attached hydrogens (tertiary/aromatic N) is 5. The van der Waals surface area contributed by atoms with E-state index in [9.17, 15) is 4.79 Å². The largest absolute Gasteiger partial charge is 0.461 e. The van der Waals surface area contributed by atoms with Gasteiger partial charge in [-0.25, -0.2) is 4.98 Å². The topological polar surface area (TPSA) is 115 Å². The van der Waals surface area contributed by atoms with Crippen LogP contribution >= 0.6 is 0 Å². The molecule has 32 heavy (non-hydrogen) atoms. The van der Waals surface area contributed by atoms with Crippen LogP contribution in [0.5, 0.6) is 0 Å². The number of anilines is 1. The molecule has 1 amide bonds. The van der Waals surface area contributed by atoms with Gasteiger partial charge >= 0.3 is 0 Å². The lowest BCUT2D eigenvalue weighted by Crippen LogP contribution is -2.28. The molecule has 1 aromatic carbocycles. The number of fused-ring (bicyclic) bond motifs is 1. The normalized spacial score (nSPS) is 14.0.